The van der Waals surface area contributed by atoms with Gasteiger partial charge in [0.25, 0.3) is 15.9 Å². The van der Waals surface area contributed by atoms with Crippen LogP contribution in [0.5, 0.6) is 0 Å². The molecule has 1 aromatic heterocycles. The standard InChI is InChI=1S/C17H14N2O5S3/c18-26(21,22)15-8-4-5-9-16(15)27(23,24)19-17(20)14-11-10-13(25-14)12-6-2-1-3-7-12/h1-11H,(H,19,20)(H2,18,21,22). The molecular formula is C17H14N2O5S3. The van der Waals surface area contributed by atoms with Crippen LogP contribution in [0.4, 0.5) is 0 Å². The van der Waals surface area contributed by atoms with E-state index in [4.69, 9.17) is 5.14 Å². The number of carbonyl (C=O) groups excluding carboxylic acids is 1. The fraction of sp³-hybridized carbons (Fsp3) is 0. The number of hydrogen-bond acceptors (Lipinski definition) is 6. The summed E-state index contributed by atoms with van der Waals surface area (Å²) in [7, 11) is -8.71. The first-order valence-corrected chi connectivity index (χ1v) is 11.4. The van der Waals surface area contributed by atoms with E-state index in [-0.39, 0.29) is 4.88 Å². The molecule has 0 bridgehead atoms. The van der Waals surface area contributed by atoms with Crippen LogP contribution in [0, 0.1) is 0 Å². The van der Waals surface area contributed by atoms with E-state index >= 15 is 0 Å². The Morgan fingerprint density at radius 3 is 2.04 bits per heavy atom. The Kier molecular flexibility index (Phi) is 5.16. The zero-order valence-corrected chi connectivity index (χ0v) is 16.1. The van der Waals surface area contributed by atoms with Gasteiger partial charge < -0.3 is 0 Å². The van der Waals surface area contributed by atoms with Gasteiger partial charge in [0.1, 0.15) is 9.79 Å². The molecule has 3 aromatic rings. The molecule has 0 aliphatic heterocycles. The van der Waals surface area contributed by atoms with Gasteiger partial charge in [-0.3, -0.25) is 4.79 Å². The Morgan fingerprint density at radius 1 is 0.815 bits per heavy atom. The minimum Gasteiger partial charge on any atom is -0.267 e. The lowest BCUT2D eigenvalue weighted by molar-refractivity contribution is 0.0985. The van der Waals surface area contributed by atoms with Crippen molar-refractivity contribution in [2.75, 3.05) is 0 Å². The predicted octanol–water partition coefficient (Wildman–Crippen LogP) is 2.18. The lowest BCUT2D eigenvalue weighted by atomic mass is 10.2. The van der Waals surface area contributed by atoms with Crippen LogP contribution in [0.1, 0.15) is 9.67 Å². The van der Waals surface area contributed by atoms with Crippen molar-refractivity contribution in [2.24, 2.45) is 5.14 Å². The largest absolute Gasteiger partial charge is 0.275 e. The summed E-state index contributed by atoms with van der Waals surface area (Å²) in [6.07, 6.45) is 0. The van der Waals surface area contributed by atoms with Gasteiger partial charge in [-0.25, -0.2) is 26.7 Å². The van der Waals surface area contributed by atoms with Gasteiger partial charge in [-0.2, -0.15) is 0 Å². The Labute approximate surface area is 160 Å². The lowest BCUT2D eigenvalue weighted by Crippen LogP contribution is -2.31. The van der Waals surface area contributed by atoms with E-state index in [9.17, 15) is 21.6 Å². The van der Waals surface area contributed by atoms with Gasteiger partial charge in [0.05, 0.1) is 4.88 Å². The maximum Gasteiger partial charge on any atom is 0.275 e. The molecule has 0 spiro atoms. The molecule has 0 radical (unpaired) electrons. The monoisotopic (exact) mass is 422 g/mol. The summed E-state index contributed by atoms with van der Waals surface area (Å²) in [6.45, 7) is 0. The number of hydrogen-bond donors (Lipinski definition) is 2. The van der Waals surface area contributed by atoms with Crippen LogP contribution in [-0.4, -0.2) is 22.7 Å². The van der Waals surface area contributed by atoms with Gasteiger partial charge in [-0.15, -0.1) is 11.3 Å². The number of sulfonamides is 2. The van der Waals surface area contributed by atoms with Crippen molar-refractivity contribution in [3.8, 4) is 10.4 Å². The van der Waals surface area contributed by atoms with Crippen LogP contribution in [0.3, 0.4) is 0 Å². The quantitative estimate of drug-likeness (QED) is 0.652. The summed E-state index contributed by atoms with van der Waals surface area (Å²) in [4.78, 5) is 12.2. The molecule has 1 heterocycles. The van der Waals surface area contributed by atoms with E-state index in [0.29, 0.717) is 0 Å². The smallest absolute Gasteiger partial charge is 0.267 e. The van der Waals surface area contributed by atoms with Gasteiger partial charge in [-0.1, -0.05) is 42.5 Å². The van der Waals surface area contributed by atoms with Crippen LogP contribution < -0.4 is 9.86 Å². The van der Waals surface area contributed by atoms with Crippen LogP contribution in [0.15, 0.2) is 76.5 Å². The van der Waals surface area contributed by atoms with E-state index < -0.39 is 35.7 Å². The Balaban J connectivity index is 1.90. The second kappa shape index (κ2) is 7.24. The molecule has 2 aromatic carbocycles. The van der Waals surface area contributed by atoms with E-state index in [0.717, 1.165) is 33.9 Å². The van der Waals surface area contributed by atoms with E-state index in [2.05, 4.69) is 0 Å². The fourth-order valence-electron chi connectivity index (χ4n) is 2.35. The maximum atomic E-state index is 12.5. The minimum atomic E-state index is -4.43. The molecule has 3 rings (SSSR count). The Morgan fingerprint density at radius 2 is 1.41 bits per heavy atom. The molecule has 0 aliphatic carbocycles. The molecule has 140 valence electrons. The van der Waals surface area contributed by atoms with Gasteiger partial charge in [0.2, 0.25) is 10.0 Å². The molecule has 0 aliphatic rings. The van der Waals surface area contributed by atoms with Crippen molar-refractivity contribution in [2.45, 2.75) is 9.79 Å². The van der Waals surface area contributed by atoms with Gasteiger partial charge in [-0.05, 0) is 29.8 Å². The number of nitrogens with two attached hydrogens (primary N) is 1. The summed E-state index contributed by atoms with van der Waals surface area (Å²) in [5.74, 6) is -0.855. The van der Waals surface area contributed by atoms with Crippen LogP contribution >= 0.6 is 11.3 Å². The van der Waals surface area contributed by atoms with Crippen LogP contribution in [0.25, 0.3) is 10.4 Å². The lowest BCUT2D eigenvalue weighted by Gasteiger charge is -2.09. The summed E-state index contributed by atoms with van der Waals surface area (Å²) < 4.78 is 50.2. The van der Waals surface area contributed by atoms with Gasteiger partial charge in [0, 0.05) is 4.88 Å². The first-order chi connectivity index (χ1) is 12.7. The molecule has 1 amide bonds. The number of primary sulfonamides is 1. The summed E-state index contributed by atoms with van der Waals surface area (Å²) >= 11 is 1.12. The molecule has 0 unspecified atom stereocenters. The maximum absolute atomic E-state index is 12.5. The molecule has 27 heavy (non-hydrogen) atoms. The van der Waals surface area contributed by atoms with Gasteiger partial charge in [0.15, 0.2) is 0 Å². The third kappa shape index (κ3) is 4.25. The third-order valence-electron chi connectivity index (χ3n) is 3.56. The van der Waals surface area contributed by atoms with Crippen molar-refractivity contribution in [3.63, 3.8) is 0 Å². The zero-order chi connectivity index (χ0) is 19.7. The van der Waals surface area contributed by atoms with Crippen molar-refractivity contribution in [1.82, 2.24) is 4.72 Å². The average Bonchev–Trinajstić information content (AvgIpc) is 3.12. The number of nitrogens with one attached hydrogen (secondary N) is 1. The topological polar surface area (TPSA) is 123 Å². The van der Waals surface area contributed by atoms with Crippen molar-refractivity contribution in [3.05, 3.63) is 71.6 Å². The van der Waals surface area contributed by atoms with Gasteiger partial charge >= 0.3 is 0 Å². The Bertz CT molecular complexity index is 1200. The first-order valence-electron chi connectivity index (χ1n) is 7.53. The summed E-state index contributed by atoms with van der Waals surface area (Å²) in [5, 5.41) is 5.06. The molecule has 7 nitrogen and oxygen atoms in total. The SMILES string of the molecule is NS(=O)(=O)c1ccccc1S(=O)(=O)NC(=O)c1ccc(-c2ccccc2)s1. The van der Waals surface area contributed by atoms with E-state index in [1.165, 1.54) is 18.2 Å². The minimum absolute atomic E-state index is 0.172. The molecule has 3 N–H and O–H groups in total. The average molecular weight is 423 g/mol. The number of benzene rings is 2. The molecular weight excluding hydrogens is 408 g/mol. The third-order valence-corrected chi connectivity index (χ3v) is 7.18. The molecule has 10 heteroatoms. The second-order valence-electron chi connectivity index (χ2n) is 5.46. The fourth-order valence-corrected chi connectivity index (χ4v) is 5.67. The molecule has 0 fully saturated rings. The number of carbonyl (C=O) groups is 1. The molecule has 0 atom stereocenters. The number of amides is 1. The second-order valence-corrected chi connectivity index (χ2v) is 9.72. The highest BCUT2D eigenvalue weighted by molar-refractivity contribution is 7.92. The van der Waals surface area contributed by atoms with Crippen LogP contribution in [-0.2, 0) is 20.0 Å². The van der Waals surface area contributed by atoms with Crippen molar-refractivity contribution >= 4 is 37.3 Å². The van der Waals surface area contributed by atoms with E-state index in [1.807, 2.05) is 35.1 Å². The first kappa shape index (κ1) is 19.2. The predicted molar refractivity (Wildman–Crippen MR) is 102 cm³/mol. The zero-order valence-electron chi connectivity index (χ0n) is 13.7. The normalized spacial score (nSPS) is 11.9. The van der Waals surface area contributed by atoms with E-state index in [1.54, 1.807) is 6.07 Å². The van der Waals surface area contributed by atoms with Crippen LogP contribution in [0.2, 0.25) is 0 Å². The molecule has 0 saturated heterocycles. The highest BCUT2D eigenvalue weighted by Crippen LogP contribution is 2.28. The highest BCUT2D eigenvalue weighted by atomic mass is 32.2. The molecule has 0 saturated carbocycles. The summed E-state index contributed by atoms with van der Waals surface area (Å²) in [6, 6.07) is 17.3. The Hall–Kier alpha value is -2.53. The highest BCUT2D eigenvalue weighted by Gasteiger charge is 2.26. The summed E-state index contributed by atoms with van der Waals surface area (Å²) in [5.41, 5.74) is 0.893. The van der Waals surface area contributed by atoms with Crippen molar-refractivity contribution in [1.29, 1.82) is 0 Å². The van der Waals surface area contributed by atoms with Crippen molar-refractivity contribution < 1.29 is 21.6 Å². The number of rotatable bonds is 5. The number of thiophene rings is 1.